The maximum Gasteiger partial charge on any atom is 0.175 e. The van der Waals surface area contributed by atoms with Gasteiger partial charge in [0.05, 0.1) is 10.6 Å². The first kappa shape index (κ1) is 16.3. The van der Waals surface area contributed by atoms with E-state index in [-0.39, 0.29) is 0 Å². The zero-order valence-corrected chi connectivity index (χ0v) is 14.8. The van der Waals surface area contributed by atoms with Crippen LogP contribution in [0.4, 0.5) is 0 Å². The molecule has 4 aromatic rings. The van der Waals surface area contributed by atoms with Crippen LogP contribution in [0.15, 0.2) is 84.3 Å². The molecule has 0 radical (unpaired) electrons. The highest BCUT2D eigenvalue weighted by molar-refractivity contribution is 7.90. The summed E-state index contributed by atoms with van der Waals surface area (Å²) in [5.74, 6) is 0.739. The first-order valence-electron chi connectivity index (χ1n) is 7.97. The van der Waals surface area contributed by atoms with Crippen LogP contribution in [0.1, 0.15) is 0 Å². The summed E-state index contributed by atoms with van der Waals surface area (Å²) >= 11 is 0. The van der Waals surface area contributed by atoms with Crippen molar-refractivity contribution in [3.8, 4) is 22.8 Å². The fraction of sp³-hybridized carbons (Fsp3) is 0.0526. The quantitative estimate of drug-likeness (QED) is 0.558. The topological polar surface area (TPSA) is 69.8 Å². The summed E-state index contributed by atoms with van der Waals surface area (Å²) in [6.45, 7) is 0. The summed E-state index contributed by atoms with van der Waals surface area (Å²) in [4.78, 5) is 4.73. The lowest BCUT2D eigenvalue weighted by Gasteiger charge is -2.10. The number of hydrogen-bond acceptors (Lipinski definition) is 4. The molecular weight excluding hydrogens is 348 g/mol. The van der Waals surface area contributed by atoms with Gasteiger partial charge < -0.3 is 0 Å². The second-order valence-corrected chi connectivity index (χ2v) is 7.90. The molecule has 26 heavy (non-hydrogen) atoms. The SMILES string of the molecule is CS(=O)(=O)c1ccc(-c2nccn2-c2cccc(-n3cccn3)c2)cc1. The molecule has 0 bridgehead atoms. The Morgan fingerprint density at radius 3 is 2.35 bits per heavy atom. The lowest BCUT2D eigenvalue weighted by atomic mass is 10.2. The van der Waals surface area contributed by atoms with Crippen LogP contribution in [-0.4, -0.2) is 34.0 Å². The molecule has 0 fully saturated rings. The van der Waals surface area contributed by atoms with Gasteiger partial charge in [-0.15, -0.1) is 0 Å². The average molecular weight is 364 g/mol. The summed E-state index contributed by atoms with van der Waals surface area (Å²) in [7, 11) is -3.22. The van der Waals surface area contributed by atoms with Crippen molar-refractivity contribution >= 4 is 9.84 Å². The number of nitrogens with zero attached hydrogens (tertiary/aromatic N) is 4. The van der Waals surface area contributed by atoms with Crippen LogP contribution in [0.5, 0.6) is 0 Å². The fourth-order valence-corrected chi connectivity index (χ4v) is 3.41. The lowest BCUT2D eigenvalue weighted by molar-refractivity contribution is 0.602. The van der Waals surface area contributed by atoms with Crippen molar-refractivity contribution in [2.45, 2.75) is 4.90 Å². The number of sulfone groups is 1. The van der Waals surface area contributed by atoms with Gasteiger partial charge in [0.25, 0.3) is 0 Å². The highest BCUT2D eigenvalue weighted by atomic mass is 32.2. The van der Waals surface area contributed by atoms with Crippen LogP contribution >= 0.6 is 0 Å². The van der Waals surface area contributed by atoms with E-state index in [4.69, 9.17) is 0 Å². The molecule has 0 saturated carbocycles. The van der Waals surface area contributed by atoms with Gasteiger partial charge in [-0.25, -0.2) is 18.1 Å². The Bertz CT molecular complexity index is 1140. The first-order valence-corrected chi connectivity index (χ1v) is 9.86. The van der Waals surface area contributed by atoms with Gasteiger partial charge in [-0.3, -0.25) is 4.57 Å². The third kappa shape index (κ3) is 3.04. The first-order chi connectivity index (χ1) is 12.5. The second kappa shape index (κ2) is 6.27. The molecule has 0 amide bonds. The van der Waals surface area contributed by atoms with Crippen molar-refractivity contribution in [1.29, 1.82) is 0 Å². The number of aromatic nitrogens is 4. The highest BCUT2D eigenvalue weighted by Gasteiger charge is 2.11. The van der Waals surface area contributed by atoms with Crippen molar-refractivity contribution in [1.82, 2.24) is 19.3 Å². The third-order valence-electron chi connectivity index (χ3n) is 4.06. The minimum atomic E-state index is -3.22. The smallest absolute Gasteiger partial charge is 0.175 e. The average Bonchev–Trinajstić information content (AvgIpc) is 3.33. The summed E-state index contributed by atoms with van der Waals surface area (Å²) in [6, 6.07) is 16.6. The number of hydrogen-bond donors (Lipinski definition) is 0. The molecule has 0 atom stereocenters. The Morgan fingerprint density at radius 1 is 0.885 bits per heavy atom. The summed E-state index contributed by atoms with van der Waals surface area (Å²) in [6.07, 6.45) is 8.42. The van der Waals surface area contributed by atoms with Gasteiger partial charge >= 0.3 is 0 Å². The van der Waals surface area contributed by atoms with Crippen molar-refractivity contribution < 1.29 is 8.42 Å². The predicted molar refractivity (Wildman–Crippen MR) is 99.2 cm³/mol. The Morgan fingerprint density at radius 2 is 1.65 bits per heavy atom. The van der Waals surface area contributed by atoms with Gasteiger partial charge in [-0.05, 0) is 48.5 Å². The van der Waals surface area contributed by atoms with E-state index in [2.05, 4.69) is 10.1 Å². The van der Waals surface area contributed by atoms with Gasteiger partial charge in [0.2, 0.25) is 0 Å². The van der Waals surface area contributed by atoms with Crippen molar-refractivity contribution in [2.24, 2.45) is 0 Å². The van der Waals surface area contributed by atoms with E-state index in [1.54, 1.807) is 41.3 Å². The number of benzene rings is 2. The van der Waals surface area contributed by atoms with E-state index >= 15 is 0 Å². The molecule has 130 valence electrons. The molecule has 0 N–H and O–H groups in total. The molecule has 0 unspecified atom stereocenters. The Balaban J connectivity index is 1.75. The van der Waals surface area contributed by atoms with Gasteiger partial charge in [0.1, 0.15) is 5.82 Å². The molecule has 7 heteroatoms. The minimum absolute atomic E-state index is 0.292. The predicted octanol–water partition coefficient (Wildman–Crippen LogP) is 3.13. The van der Waals surface area contributed by atoms with E-state index in [1.165, 1.54) is 6.26 Å². The standard InChI is InChI=1S/C19H16N4O2S/c1-26(24,25)18-8-6-15(7-9-18)19-20-11-13-22(19)16-4-2-5-17(14-16)23-12-3-10-21-23/h2-14H,1H3. The Kier molecular flexibility index (Phi) is 3.93. The molecule has 0 spiro atoms. The normalized spacial score (nSPS) is 11.6. The molecule has 2 heterocycles. The lowest BCUT2D eigenvalue weighted by Crippen LogP contribution is -2.00. The summed E-state index contributed by atoms with van der Waals surface area (Å²) in [5.41, 5.74) is 2.73. The van der Waals surface area contributed by atoms with E-state index < -0.39 is 9.84 Å². The van der Waals surface area contributed by atoms with Crippen LogP contribution in [0.3, 0.4) is 0 Å². The molecule has 2 aromatic carbocycles. The van der Waals surface area contributed by atoms with E-state index in [9.17, 15) is 8.42 Å². The van der Waals surface area contributed by atoms with Gasteiger partial charge in [0, 0.05) is 42.3 Å². The van der Waals surface area contributed by atoms with Crippen LogP contribution in [0, 0.1) is 0 Å². The molecule has 4 rings (SSSR count). The molecule has 6 nitrogen and oxygen atoms in total. The highest BCUT2D eigenvalue weighted by Crippen LogP contribution is 2.24. The summed E-state index contributed by atoms with van der Waals surface area (Å²) < 4.78 is 27.0. The number of imidazole rings is 1. The van der Waals surface area contributed by atoms with Crippen LogP contribution in [0.25, 0.3) is 22.8 Å². The van der Waals surface area contributed by atoms with E-state index in [0.717, 1.165) is 22.8 Å². The third-order valence-corrected chi connectivity index (χ3v) is 5.19. The van der Waals surface area contributed by atoms with Gasteiger partial charge in [0.15, 0.2) is 9.84 Å². The minimum Gasteiger partial charge on any atom is -0.300 e. The van der Waals surface area contributed by atoms with Crippen molar-refractivity contribution in [3.63, 3.8) is 0 Å². The molecule has 0 aliphatic heterocycles. The second-order valence-electron chi connectivity index (χ2n) is 5.89. The largest absolute Gasteiger partial charge is 0.300 e. The summed E-state index contributed by atoms with van der Waals surface area (Å²) in [5, 5.41) is 4.26. The zero-order chi connectivity index (χ0) is 18.1. The van der Waals surface area contributed by atoms with Gasteiger partial charge in [-0.2, -0.15) is 5.10 Å². The van der Waals surface area contributed by atoms with E-state index in [1.807, 2.05) is 47.3 Å². The zero-order valence-electron chi connectivity index (χ0n) is 14.0. The van der Waals surface area contributed by atoms with Crippen molar-refractivity contribution in [3.05, 3.63) is 79.4 Å². The number of rotatable bonds is 4. The van der Waals surface area contributed by atoms with Crippen molar-refractivity contribution in [2.75, 3.05) is 6.26 Å². The van der Waals surface area contributed by atoms with Gasteiger partial charge in [-0.1, -0.05) is 6.07 Å². The monoisotopic (exact) mass is 364 g/mol. The molecule has 0 aliphatic rings. The molecule has 2 aromatic heterocycles. The van der Waals surface area contributed by atoms with Crippen LogP contribution in [-0.2, 0) is 9.84 Å². The maximum atomic E-state index is 11.6. The molecule has 0 aliphatic carbocycles. The van der Waals surface area contributed by atoms with Crippen LogP contribution in [0.2, 0.25) is 0 Å². The maximum absolute atomic E-state index is 11.6. The molecule has 0 saturated heterocycles. The molecular formula is C19H16N4O2S. The Hall–Kier alpha value is -3.19. The fourth-order valence-electron chi connectivity index (χ4n) is 2.78. The Labute approximate surface area is 151 Å². The van der Waals surface area contributed by atoms with Crippen LogP contribution < -0.4 is 0 Å². The van der Waals surface area contributed by atoms with E-state index in [0.29, 0.717) is 4.90 Å².